The number of aromatic nitrogens is 5. The quantitative estimate of drug-likeness (QED) is 0.529. The van der Waals surface area contributed by atoms with Crippen LogP contribution in [-0.2, 0) is 13.1 Å². The fourth-order valence-electron chi connectivity index (χ4n) is 3.13. The summed E-state index contributed by atoms with van der Waals surface area (Å²) < 4.78 is 16.7. The highest BCUT2D eigenvalue weighted by Gasteiger charge is 2.13. The molecule has 0 spiro atoms. The zero-order valence-electron chi connectivity index (χ0n) is 15.0. The van der Waals surface area contributed by atoms with Crippen molar-refractivity contribution in [2.75, 3.05) is 0 Å². The maximum atomic E-state index is 13.2. The fourth-order valence-corrected chi connectivity index (χ4v) is 4.04. The molecule has 0 amide bonds. The van der Waals surface area contributed by atoms with Gasteiger partial charge in [0.1, 0.15) is 22.3 Å². The molecule has 0 N–H and O–H groups in total. The maximum absolute atomic E-state index is 13.2. The first-order valence-electron chi connectivity index (χ1n) is 8.63. The van der Waals surface area contributed by atoms with Gasteiger partial charge in [0.05, 0.1) is 11.7 Å². The summed E-state index contributed by atoms with van der Waals surface area (Å²) in [4.78, 5) is 22.4. The first kappa shape index (κ1) is 17.5. The van der Waals surface area contributed by atoms with E-state index < -0.39 is 0 Å². The summed E-state index contributed by atoms with van der Waals surface area (Å²) in [5, 5.41) is 6.83. The molecular weight excluding hydrogens is 365 g/mol. The van der Waals surface area contributed by atoms with Crippen molar-refractivity contribution in [1.29, 1.82) is 0 Å². The lowest BCUT2D eigenvalue weighted by atomic mass is 10.1. The second-order valence-electron chi connectivity index (χ2n) is 6.36. The SMILES string of the molecule is Cc1nc(C)n(CCCn2cnc3scc(-c4ccc(F)cc4)c3c2=O)n1. The number of fused-ring (bicyclic) bond motifs is 1. The normalized spacial score (nSPS) is 11.4. The monoisotopic (exact) mass is 383 g/mol. The molecule has 0 aliphatic rings. The minimum atomic E-state index is -0.299. The van der Waals surface area contributed by atoms with Crippen molar-refractivity contribution < 1.29 is 4.39 Å². The Labute approximate surface area is 158 Å². The van der Waals surface area contributed by atoms with Gasteiger partial charge in [0.15, 0.2) is 0 Å². The summed E-state index contributed by atoms with van der Waals surface area (Å²) in [6.45, 7) is 5.00. The van der Waals surface area contributed by atoms with Crippen molar-refractivity contribution in [3.8, 4) is 11.1 Å². The lowest BCUT2D eigenvalue weighted by Gasteiger charge is -2.07. The standard InChI is InChI=1S/C19H18FN5OS/c1-12-22-13(2)25(23-12)9-3-8-24-11-21-18-17(19(24)26)16(10-27-18)14-4-6-15(20)7-5-14/h4-7,10-11H,3,8-9H2,1-2H3. The molecule has 138 valence electrons. The highest BCUT2D eigenvalue weighted by Crippen LogP contribution is 2.30. The van der Waals surface area contributed by atoms with Crippen molar-refractivity contribution >= 4 is 21.6 Å². The van der Waals surface area contributed by atoms with Crippen LogP contribution in [0.5, 0.6) is 0 Å². The van der Waals surface area contributed by atoms with Gasteiger partial charge in [-0.15, -0.1) is 11.3 Å². The van der Waals surface area contributed by atoms with E-state index in [0.29, 0.717) is 23.3 Å². The first-order chi connectivity index (χ1) is 13.0. The predicted octanol–water partition coefficient (Wildman–Crippen LogP) is 3.56. The van der Waals surface area contributed by atoms with Crippen molar-refractivity contribution in [3.63, 3.8) is 0 Å². The van der Waals surface area contributed by atoms with Gasteiger partial charge in [0.2, 0.25) is 0 Å². The summed E-state index contributed by atoms with van der Waals surface area (Å²) in [5.41, 5.74) is 1.53. The number of nitrogens with zero attached hydrogens (tertiary/aromatic N) is 5. The molecule has 1 aromatic carbocycles. The highest BCUT2D eigenvalue weighted by atomic mass is 32.1. The van der Waals surface area contributed by atoms with Crippen LogP contribution < -0.4 is 5.56 Å². The molecule has 0 aliphatic heterocycles. The minimum Gasteiger partial charge on any atom is -0.299 e. The zero-order chi connectivity index (χ0) is 19.0. The predicted molar refractivity (Wildman–Crippen MR) is 103 cm³/mol. The lowest BCUT2D eigenvalue weighted by Crippen LogP contribution is -2.21. The van der Waals surface area contributed by atoms with Gasteiger partial charge in [-0.05, 0) is 38.0 Å². The molecule has 3 heterocycles. The Kier molecular flexibility index (Phi) is 4.57. The molecule has 0 saturated carbocycles. The number of halogens is 1. The van der Waals surface area contributed by atoms with Crippen molar-refractivity contribution in [3.05, 3.63) is 63.8 Å². The second kappa shape index (κ2) is 7.03. The van der Waals surface area contributed by atoms with Gasteiger partial charge in [0.25, 0.3) is 5.56 Å². The number of hydrogen-bond donors (Lipinski definition) is 0. The largest absolute Gasteiger partial charge is 0.299 e. The summed E-state index contributed by atoms with van der Waals surface area (Å²) in [7, 11) is 0. The van der Waals surface area contributed by atoms with Crippen LogP contribution in [0.3, 0.4) is 0 Å². The van der Waals surface area contributed by atoms with Gasteiger partial charge in [-0.2, -0.15) is 5.10 Å². The Hall–Kier alpha value is -2.87. The first-order valence-corrected chi connectivity index (χ1v) is 9.51. The number of thiophene rings is 1. The molecule has 0 aliphatic carbocycles. The average molecular weight is 383 g/mol. The molecule has 27 heavy (non-hydrogen) atoms. The topological polar surface area (TPSA) is 65.6 Å². The number of benzene rings is 1. The zero-order valence-corrected chi connectivity index (χ0v) is 15.8. The third-order valence-electron chi connectivity index (χ3n) is 4.45. The van der Waals surface area contributed by atoms with Crippen LogP contribution in [0.25, 0.3) is 21.3 Å². The summed E-state index contributed by atoms with van der Waals surface area (Å²) in [6, 6.07) is 6.17. The van der Waals surface area contributed by atoms with Crippen molar-refractivity contribution in [1.82, 2.24) is 24.3 Å². The summed E-state index contributed by atoms with van der Waals surface area (Å²) in [5.74, 6) is 1.31. The Balaban J connectivity index is 1.61. The Morgan fingerprint density at radius 3 is 2.63 bits per heavy atom. The van der Waals surface area contributed by atoms with Gasteiger partial charge >= 0.3 is 0 Å². The van der Waals surface area contributed by atoms with E-state index >= 15 is 0 Å². The molecule has 6 nitrogen and oxygen atoms in total. The number of aryl methyl sites for hydroxylation is 4. The minimum absolute atomic E-state index is 0.0768. The van der Waals surface area contributed by atoms with Crippen molar-refractivity contribution in [2.24, 2.45) is 0 Å². The molecule has 8 heteroatoms. The van der Waals surface area contributed by atoms with Crippen LogP contribution in [0.1, 0.15) is 18.1 Å². The van der Waals surface area contributed by atoms with Crippen LogP contribution >= 0.6 is 11.3 Å². The van der Waals surface area contributed by atoms with Gasteiger partial charge in [-0.3, -0.25) is 14.0 Å². The molecule has 0 bridgehead atoms. The molecule has 4 rings (SSSR count). The molecule has 0 unspecified atom stereocenters. The van der Waals surface area contributed by atoms with Gasteiger partial charge in [0, 0.05) is 24.0 Å². The lowest BCUT2D eigenvalue weighted by molar-refractivity contribution is 0.507. The van der Waals surface area contributed by atoms with E-state index in [-0.39, 0.29) is 11.4 Å². The number of hydrogen-bond acceptors (Lipinski definition) is 5. The number of rotatable bonds is 5. The van der Waals surface area contributed by atoms with Crippen LogP contribution in [-0.4, -0.2) is 24.3 Å². The van der Waals surface area contributed by atoms with E-state index in [2.05, 4.69) is 15.1 Å². The fraction of sp³-hybridized carbons (Fsp3) is 0.263. The molecule has 0 atom stereocenters. The third kappa shape index (κ3) is 3.40. The molecule has 4 aromatic rings. The molecule has 3 aromatic heterocycles. The third-order valence-corrected chi connectivity index (χ3v) is 5.33. The molecular formula is C19H18FN5OS. The molecule has 0 fully saturated rings. The van der Waals surface area contributed by atoms with Crippen LogP contribution in [0, 0.1) is 19.7 Å². The molecule has 0 radical (unpaired) electrons. The summed E-state index contributed by atoms with van der Waals surface area (Å²) >= 11 is 1.42. The van der Waals surface area contributed by atoms with Crippen LogP contribution in [0.15, 0.2) is 40.8 Å². The smallest absolute Gasteiger partial charge is 0.262 e. The van der Waals surface area contributed by atoms with E-state index in [0.717, 1.165) is 29.2 Å². The van der Waals surface area contributed by atoms with E-state index in [1.165, 1.54) is 23.5 Å². The van der Waals surface area contributed by atoms with E-state index in [4.69, 9.17) is 0 Å². The Morgan fingerprint density at radius 2 is 1.93 bits per heavy atom. The highest BCUT2D eigenvalue weighted by molar-refractivity contribution is 7.17. The van der Waals surface area contributed by atoms with Crippen LogP contribution in [0.4, 0.5) is 4.39 Å². The second-order valence-corrected chi connectivity index (χ2v) is 7.22. The van der Waals surface area contributed by atoms with Gasteiger partial charge in [-0.1, -0.05) is 12.1 Å². The van der Waals surface area contributed by atoms with Gasteiger partial charge < -0.3 is 0 Å². The van der Waals surface area contributed by atoms with Crippen molar-refractivity contribution in [2.45, 2.75) is 33.4 Å². The van der Waals surface area contributed by atoms with E-state index in [9.17, 15) is 9.18 Å². The van der Waals surface area contributed by atoms with Crippen LogP contribution in [0.2, 0.25) is 0 Å². The Morgan fingerprint density at radius 1 is 1.15 bits per heavy atom. The van der Waals surface area contributed by atoms with E-state index in [1.54, 1.807) is 23.0 Å². The maximum Gasteiger partial charge on any atom is 0.262 e. The van der Waals surface area contributed by atoms with Gasteiger partial charge in [-0.25, -0.2) is 14.4 Å². The van der Waals surface area contributed by atoms with E-state index in [1.807, 2.05) is 23.9 Å². The molecule has 0 saturated heterocycles. The Bertz CT molecular complexity index is 1160. The average Bonchev–Trinajstić information content (AvgIpc) is 3.21. The summed E-state index contributed by atoms with van der Waals surface area (Å²) in [6.07, 6.45) is 2.34.